The molecule has 1 spiro atoms. The van der Waals surface area contributed by atoms with Gasteiger partial charge < -0.3 is 13.7 Å². The Morgan fingerprint density at radius 1 is 0.246 bits per heavy atom. The minimum Gasteiger partial charge on any atom is -0.456 e. The molecule has 3 nitrogen and oxygen atoms in total. The lowest BCUT2D eigenvalue weighted by Crippen LogP contribution is -2.27. The summed E-state index contributed by atoms with van der Waals surface area (Å²) in [5, 5.41) is 4.83. The highest BCUT2D eigenvalue weighted by molar-refractivity contribution is 6.20. The van der Waals surface area contributed by atoms with Crippen molar-refractivity contribution in [2.24, 2.45) is 0 Å². The molecule has 0 bridgehead atoms. The Morgan fingerprint density at radius 2 is 0.690 bits per heavy atom. The van der Waals surface area contributed by atoms with Gasteiger partial charge in [-0.15, -0.1) is 0 Å². The van der Waals surface area contributed by atoms with Crippen molar-refractivity contribution in [1.29, 1.82) is 0 Å². The van der Waals surface area contributed by atoms with Gasteiger partial charge in [0.15, 0.2) is 0 Å². The molecule has 126 heavy (non-hydrogen) atoms. The molecular weight excluding hydrogens is 1520 g/mol. The maximum absolute atomic E-state index is 7.52. The molecular formula is C123H113NO2. The van der Waals surface area contributed by atoms with E-state index in [-0.39, 0.29) is 10.8 Å². The lowest BCUT2D eigenvalue weighted by atomic mass is 9.70. The van der Waals surface area contributed by atoms with Crippen LogP contribution in [0.25, 0.3) is 144 Å². The molecule has 15 aromatic carbocycles. The quantitative estimate of drug-likeness (QED) is 0.0420. The van der Waals surface area contributed by atoms with E-state index >= 15 is 0 Å². The average Bonchev–Trinajstić information content (AvgIpc) is 1.56. The van der Waals surface area contributed by atoms with Crippen molar-refractivity contribution in [2.45, 2.75) is 211 Å². The lowest BCUT2D eigenvalue weighted by molar-refractivity contribution is 0.399. The van der Waals surface area contributed by atoms with Gasteiger partial charge in [-0.25, -0.2) is 0 Å². The molecule has 0 aliphatic heterocycles. The number of fused-ring (bicyclic) bond motifs is 30. The van der Waals surface area contributed by atoms with Crippen molar-refractivity contribution in [2.75, 3.05) is 4.90 Å². The van der Waals surface area contributed by atoms with Crippen LogP contribution >= 0.6 is 0 Å². The van der Waals surface area contributed by atoms with Crippen molar-refractivity contribution in [1.82, 2.24) is 0 Å². The fraction of sp³-hybridized carbons (Fsp3) is 0.268. The first-order chi connectivity index (χ1) is 62.3. The summed E-state index contributed by atoms with van der Waals surface area (Å²) in [5.74, 6) is 0. The molecule has 17 aromatic rings. The molecule has 2 aromatic heterocycles. The second-order valence-electron chi connectivity index (χ2n) is 38.0. The van der Waals surface area contributed by atoms with Crippen molar-refractivity contribution in [3.63, 3.8) is 0 Å². The molecule has 3 heteroatoms. The Kier molecular flexibility index (Phi) is 20.1. The third kappa shape index (κ3) is 12.4. The summed E-state index contributed by atoms with van der Waals surface area (Å²) in [4.78, 5) is 2.67. The van der Waals surface area contributed by atoms with E-state index in [1.807, 2.05) is 0 Å². The van der Waals surface area contributed by atoms with Crippen LogP contribution in [0.2, 0.25) is 0 Å². The first kappa shape index (κ1) is 78.4. The number of hydrogen-bond acceptors (Lipinski definition) is 3. The van der Waals surface area contributed by atoms with E-state index < -0.39 is 5.41 Å². The highest BCUT2D eigenvalue weighted by atomic mass is 16.3. The van der Waals surface area contributed by atoms with Crippen molar-refractivity contribution < 1.29 is 8.83 Å². The van der Waals surface area contributed by atoms with Crippen LogP contribution in [0.3, 0.4) is 0 Å². The highest BCUT2D eigenvalue weighted by Crippen LogP contribution is 2.67. The number of benzene rings is 15. The summed E-state index contributed by atoms with van der Waals surface area (Å²) in [6.45, 7) is 9.41. The third-order valence-corrected chi connectivity index (χ3v) is 30.9. The zero-order valence-electron chi connectivity index (χ0n) is 73.9. The predicted octanol–water partition coefficient (Wildman–Crippen LogP) is 35.4. The predicted molar refractivity (Wildman–Crippen MR) is 531 cm³/mol. The zero-order chi connectivity index (χ0) is 84.2. The van der Waals surface area contributed by atoms with E-state index in [2.05, 4.69) is 330 Å². The maximum atomic E-state index is 7.52. The van der Waals surface area contributed by atoms with Gasteiger partial charge in [0.25, 0.3) is 0 Å². The van der Waals surface area contributed by atoms with Crippen molar-refractivity contribution >= 4 is 60.9 Å². The third-order valence-electron chi connectivity index (χ3n) is 30.9. The summed E-state index contributed by atoms with van der Waals surface area (Å²) >= 11 is 0. The van der Waals surface area contributed by atoms with Crippen LogP contribution in [0.5, 0.6) is 0 Å². The maximum Gasteiger partial charge on any atom is 0.143 e. The fourth-order valence-corrected chi connectivity index (χ4v) is 25.1. The second kappa shape index (κ2) is 32.3. The van der Waals surface area contributed by atoms with Crippen LogP contribution in [0.15, 0.2) is 306 Å². The number of furan rings is 2. The largest absolute Gasteiger partial charge is 0.456 e. The van der Waals surface area contributed by atoms with E-state index in [9.17, 15) is 0 Å². The van der Waals surface area contributed by atoms with Gasteiger partial charge >= 0.3 is 0 Å². The average molecular weight is 1640 g/mol. The van der Waals surface area contributed by atoms with Crippen LogP contribution in [0, 0.1) is 0 Å². The second-order valence-corrected chi connectivity index (χ2v) is 38.0. The molecule has 0 N–H and O–H groups in total. The van der Waals surface area contributed by atoms with Crippen LogP contribution < -0.4 is 4.90 Å². The first-order valence-corrected chi connectivity index (χ1v) is 48.4. The van der Waals surface area contributed by atoms with E-state index in [1.54, 1.807) is 11.1 Å². The first-order valence-electron chi connectivity index (χ1n) is 48.4. The molecule has 6 aliphatic carbocycles. The number of hydrogen-bond donors (Lipinski definition) is 0. The van der Waals surface area contributed by atoms with Gasteiger partial charge in [-0.05, 0) is 267 Å². The molecule has 0 saturated heterocycles. The van der Waals surface area contributed by atoms with Crippen LogP contribution in [-0.4, -0.2) is 0 Å². The molecule has 0 radical (unpaired) electrons. The van der Waals surface area contributed by atoms with Gasteiger partial charge in [-0.2, -0.15) is 0 Å². The van der Waals surface area contributed by atoms with Crippen LogP contribution in [0.1, 0.15) is 249 Å². The number of anilines is 3. The molecule has 0 amide bonds. The molecule has 0 saturated carbocycles. The normalized spacial score (nSPS) is 14.3. The molecule has 0 unspecified atom stereocenters. The molecule has 0 fully saturated rings. The smallest absolute Gasteiger partial charge is 0.143 e. The van der Waals surface area contributed by atoms with Gasteiger partial charge in [0.1, 0.15) is 22.3 Å². The van der Waals surface area contributed by atoms with Crippen LogP contribution in [0.4, 0.5) is 17.1 Å². The number of rotatable bonds is 30. The Balaban J connectivity index is 0.678. The number of para-hydroxylation sites is 3. The SMILES string of the molecule is CCCCCCCC1(CCCCCCC)c2ccccc2-c2ccc(-c3ccc4c(c3)Cc3cc(-c5cc6c(c7c5oc5ccccc57)-c5ccc(N(c7ccc8c(c7)C7(c9ccccc9-c9ccccc97)c7cc9c(cc7-8)Cc7ccc8oc%10ccccc%10c8c7-9)c7ccccc7-c7ccccc7)cc5C6(CCCCCCC)CCCCCCC)ccc3-4)cc21. The molecule has 23 rings (SSSR count). The monoisotopic (exact) mass is 1640 g/mol. The Hall–Kier alpha value is -12.3. The minimum absolute atomic E-state index is 0.0297. The van der Waals surface area contributed by atoms with E-state index in [0.29, 0.717) is 0 Å². The fourth-order valence-electron chi connectivity index (χ4n) is 25.1. The summed E-state index contributed by atoms with van der Waals surface area (Å²) in [5.41, 5.74) is 46.9. The van der Waals surface area contributed by atoms with E-state index in [1.165, 1.54) is 311 Å². The van der Waals surface area contributed by atoms with Crippen LogP contribution in [-0.2, 0) is 29.1 Å². The lowest BCUT2D eigenvalue weighted by Gasteiger charge is -2.35. The Morgan fingerprint density at radius 3 is 1.33 bits per heavy atom. The van der Waals surface area contributed by atoms with E-state index in [4.69, 9.17) is 8.83 Å². The standard InChI is InChI=1S/C123H113NO2/c1-5-9-13-17-36-66-121(67-37-18-14-10-6-2)104-48-30-24-43-93(104)96-62-55-82(75-107(96)121)81-54-60-90-85(70-81)73-86-71-83(56-61-91(86)90)102-79-111-117(119-100-47-29-35-53-114(100)126-120(102)119)98-64-59-88(76-108(98)122(111,68-38-19-15-11-7-3)69-39-20-16-12-8-4)124(112-51-33-27-42-92(112)80-40-22-21-23-41-80)89-58-63-97-103-74-87-72-84-57-65-115-118(99-46-28-34-52-113(99)125-115)116(84)101(87)78-110(103)123(109(97)77-89)105-49-31-25-44-94(105)95-45-26-32-50-106(95)123/h21-35,40-65,70-71,74-79H,5-20,36-39,66-69,72-73H2,1-4H3. The number of unbranched alkanes of at least 4 members (excludes halogenated alkanes) is 16. The topological polar surface area (TPSA) is 29.5 Å². The van der Waals surface area contributed by atoms with E-state index in [0.717, 1.165) is 72.2 Å². The summed E-state index contributed by atoms with van der Waals surface area (Å²) in [7, 11) is 0. The molecule has 2 heterocycles. The van der Waals surface area contributed by atoms with Gasteiger partial charge in [0.05, 0.1) is 11.1 Å². The summed E-state index contributed by atoms with van der Waals surface area (Å²) in [6, 6.07) is 117. The van der Waals surface area contributed by atoms with Crippen molar-refractivity contribution in [3.8, 4) is 100 Å². The molecule has 6 aliphatic rings. The molecule has 0 atom stereocenters. The van der Waals surface area contributed by atoms with Gasteiger partial charge in [-0.3, -0.25) is 0 Å². The summed E-state index contributed by atoms with van der Waals surface area (Å²) in [6.07, 6.45) is 31.4. The summed E-state index contributed by atoms with van der Waals surface area (Å²) < 4.78 is 14.2. The van der Waals surface area contributed by atoms with Gasteiger partial charge in [-0.1, -0.05) is 381 Å². The number of nitrogens with zero attached hydrogens (tertiary/aromatic N) is 1. The van der Waals surface area contributed by atoms with Crippen molar-refractivity contribution in [3.05, 3.63) is 364 Å². The molecule has 622 valence electrons. The Bertz CT molecular complexity index is 7060. The highest BCUT2D eigenvalue weighted by Gasteiger charge is 2.54. The minimum atomic E-state index is -0.638. The zero-order valence-corrected chi connectivity index (χ0v) is 73.9. The van der Waals surface area contributed by atoms with Gasteiger partial charge in [0.2, 0.25) is 0 Å². The Labute approximate surface area is 744 Å². The van der Waals surface area contributed by atoms with Gasteiger partial charge in [0, 0.05) is 54.9 Å².